The van der Waals surface area contributed by atoms with E-state index in [1.807, 2.05) is 54.7 Å². The van der Waals surface area contributed by atoms with E-state index in [2.05, 4.69) is 4.98 Å². The van der Waals surface area contributed by atoms with Gasteiger partial charge in [-0.1, -0.05) is 48.5 Å². The predicted molar refractivity (Wildman–Crippen MR) is 174 cm³/mol. The molecule has 0 aliphatic carbocycles. The molecule has 11 heteroatoms. The second kappa shape index (κ2) is 12.9. The molecule has 1 fully saturated rings. The van der Waals surface area contributed by atoms with E-state index >= 15 is 0 Å². The Balaban J connectivity index is 1.27. The standard InChI is InChI=1S/C34H26N4O6S/c39-32-31(19-24-5-1-4-8-30(24)44-21-22-9-11-23(12-10-22)33(40)41)45-34(36-26-13-15-27(16-14-26)38(42)43)37(32)18-17-25-20-35-29-7-3-2-6-28(25)29/h1-16,19-20,35H,17-18,21H2,(H,40,41)/b31-19-,36-34?. The average molecular weight is 619 g/mol. The number of aromatic carboxylic acids is 1. The number of thioether (sulfide) groups is 1. The molecule has 0 spiro atoms. The quantitative estimate of drug-likeness (QED) is 0.0959. The minimum Gasteiger partial charge on any atom is -0.488 e. The van der Waals surface area contributed by atoms with Gasteiger partial charge in [0.1, 0.15) is 12.4 Å². The molecule has 2 heterocycles. The van der Waals surface area contributed by atoms with Crippen molar-refractivity contribution >= 4 is 57.2 Å². The van der Waals surface area contributed by atoms with Crippen molar-refractivity contribution in [3.05, 3.63) is 141 Å². The number of nitrogens with zero attached hydrogens (tertiary/aromatic N) is 3. The lowest BCUT2D eigenvalue weighted by atomic mass is 10.1. The second-order valence-corrected chi connectivity index (χ2v) is 11.2. The molecule has 45 heavy (non-hydrogen) atoms. The van der Waals surface area contributed by atoms with Crippen molar-refractivity contribution in [2.75, 3.05) is 6.54 Å². The van der Waals surface area contributed by atoms with Gasteiger partial charge in [-0.05, 0) is 71.8 Å². The van der Waals surface area contributed by atoms with E-state index in [-0.39, 0.29) is 23.8 Å². The lowest BCUT2D eigenvalue weighted by Gasteiger charge is -2.15. The summed E-state index contributed by atoms with van der Waals surface area (Å²) >= 11 is 1.23. The van der Waals surface area contributed by atoms with Crippen LogP contribution in [0.5, 0.6) is 5.75 Å². The highest BCUT2D eigenvalue weighted by Gasteiger charge is 2.33. The van der Waals surface area contributed by atoms with Crippen LogP contribution in [0.4, 0.5) is 11.4 Å². The Morgan fingerprint density at radius 1 is 1.00 bits per heavy atom. The number of aromatic amines is 1. The molecular weight excluding hydrogens is 592 g/mol. The topological polar surface area (TPSA) is 138 Å². The third-order valence-electron chi connectivity index (χ3n) is 7.25. The Morgan fingerprint density at radius 2 is 1.73 bits per heavy atom. The van der Waals surface area contributed by atoms with Gasteiger partial charge in [0.2, 0.25) is 0 Å². The maximum atomic E-state index is 13.8. The number of amidine groups is 1. The van der Waals surface area contributed by atoms with Crippen molar-refractivity contribution in [3.63, 3.8) is 0 Å². The highest BCUT2D eigenvalue weighted by molar-refractivity contribution is 8.18. The molecule has 2 N–H and O–H groups in total. The zero-order valence-corrected chi connectivity index (χ0v) is 24.6. The number of nitro groups is 1. The largest absolute Gasteiger partial charge is 0.488 e. The number of H-pyrrole nitrogens is 1. The van der Waals surface area contributed by atoms with Crippen molar-refractivity contribution in [1.82, 2.24) is 9.88 Å². The van der Waals surface area contributed by atoms with E-state index in [9.17, 15) is 19.7 Å². The van der Waals surface area contributed by atoms with Gasteiger partial charge in [0.15, 0.2) is 5.17 Å². The molecule has 1 saturated heterocycles. The minimum atomic E-state index is -0.995. The Labute approximate surface area is 261 Å². The van der Waals surface area contributed by atoms with Crippen LogP contribution in [0.15, 0.2) is 113 Å². The fraction of sp³-hybridized carbons (Fsp3) is 0.0882. The van der Waals surface area contributed by atoms with E-state index < -0.39 is 10.9 Å². The average Bonchev–Trinajstić information content (AvgIpc) is 3.59. The predicted octanol–water partition coefficient (Wildman–Crippen LogP) is 7.20. The minimum absolute atomic E-state index is 0.0414. The molecule has 0 unspecified atom stereocenters. The van der Waals surface area contributed by atoms with Crippen LogP contribution < -0.4 is 4.74 Å². The summed E-state index contributed by atoms with van der Waals surface area (Å²) in [5.41, 5.74) is 4.24. The smallest absolute Gasteiger partial charge is 0.335 e. The van der Waals surface area contributed by atoms with E-state index in [1.165, 1.54) is 36.0 Å². The van der Waals surface area contributed by atoms with Gasteiger partial charge in [-0.25, -0.2) is 9.79 Å². The Bertz CT molecular complexity index is 1970. The molecule has 0 bridgehead atoms. The van der Waals surface area contributed by atoms with Crippen LogP contribution in [-0.2, 0) is 17.8 Å². The van der Waals surface area contributed by atoms with E-state index in [4.69, 9.17) is 14.8 Å². The number of amides is 1. The van der Waals surface area contributed by atoms with Gasteiger partial charge in [-0.3, -0.25) is 19.8 Å². The van der Waals surface area contributed by atoms with E-state index in [1.54, 1.807) is 35.2 Å². The lowest BCUT2D eigenvalue weighted by Crippen LogP contribution is -2.31. The summed E-state index contributed by atoms with van der Waals surface area (Å²) in [6.07, 6.45) is 4.31. The number of carbonyl (C=O) groups excluding carboxylic acids is 1. The highest BCUT2D eigenvalue weighted by atomic mass is 32.2. The fourth-order valence-corrected chi connectivity index (χ4v) is 5.91. The van der Waals surface area contributed by atoms with Crippen molar-refractivity contribution < 1.29 is 24.4 Å². The highest BCUT2D eigenvalue weighted by Crippen LogP contribution is 2.36. The molecule has 1 aliphatic heterocycles. The van der Waals surface area contributed by atoms with Crippen LogP contribution in [0.25, 0.3) is 17.0 Å². The molecule has 1 aliphatic rings. The number of hydrogen-bond acceptors (Lipinski definition) is 7. The Kier molecular flexibility index (Phi) is 8.43. The number of nitrogens with one attached hydrogen (secondary N) is 1. The van der Waals surface area contributed by atoms with E-state index in [0.29, 0.717) is 40.0 Å². The van der Waals surface area contributed by atoms with Gasteiger partial charge < -0.3 is 14.8 Å². The van der Waals surface area contributed by atoms with Crippen LogP contribution in [0.1, 0.15) is 27.0 Å². The van der Waals surface area contributed by atoms with Gasteiger partial charge in [0.05, 0.1) is 21.1 Å². The number of hydrogen-bond donors (Lipinski definition) is 2. The number of carboxylic acids is 1. The van der Waals surface area contributed by atoms with E-state index in [0.717, 1.165) is 22.0 Å². The van der Waals surface area contributed by atoms with Crippen molar-refractivity contribution in [2.24, 2.45) is 4.99 Å². The normalized spacial score (nSPS) is 14.8. The number of benzene rings is 4. The first-order valence-corrected chi connectivity index (χ1v) is 14.8. The maximum absolute atomic E-state index is 13.8. The zero-order valence-electron chi connectivity index (χ0n) is 23.8. The van der Waals surface area contributed by atoms with Gasteiger partial charge in [-0.2, -0.15) is 0 Å². The number of non-ortho nitro benzene ring substituents is 1. The molecule has 10 nitrogen and oxygen atoms in total. The van der Waals surface area contributed by atoms with Crippen molar-refractivity contribution in [1.29, 1.82) is 0 Å². The summed E-state index contributed by atoms with van der Waals surface area (Å²) in [6.45, 7) is 0.589. The first-order chi connectivity index (χ1) is 21.9. The molecule has 0 radical (unpaired) electrons. The number of rotatable bonds is 10. The molecule has 5 aromatic rings. The summed E-state index contributed by atoms with van der Waals surface area (Å²) in [6, 6.07) is 27.7. The molecular formula is C34H26N4O6S. The summed E-state index contributed by atoms with van der Waals surface area (Å²) < 4.78 is 6.07. The molecule has 4 aromatic carbocycles. The van der Waals surface area contributed by atoms with Gasteiger partial charge in [-0.15, -0.1) is 0 Å². The number of carboxylic acid groups (broad SMARTS) is 1. The third-order valence-corrected chi connectivity index (χ3v) is 8.26. The fourth-order valence-electron chi connectivity index (χ4n) is 4.90. The first kappa shape index (κ1) is 29.4. The van der Waals surface area contributed by atoms with Gasteiger partial charge >= 0.3 is 5.97 Å². The summed E-state index contributed by atoms with van der Waals surface area (Å²) in [5, 5.41) is 21.8. The van der Waals surface area contributed by atoms with Gasteiger partial charge in [0.25, 0.3) is 11.6 Å². The summed E-state index contributed by atoms with van der Waals surface area (Å²) in [5.74, 6) is -0.642. The number of para-hydroxylation sites is 2. The summed E-state index contributed by atoms with van der Waals surface area (Å²) in [4.78, 5) is 45.7. The molecule has 224 valence electrons. The van der Waals surface area contributed by atoms with Gasteiger partial charge in [0, 0.05) is 41.3 Å². The van der Waals surface area contributed by atoms with Crippen molar-refractivity contribution in [2.45, 2.75) is 13.0 Å². The SMILES string of the molecule is O=C(O)c1ccc(COc2ccccc2/C=C2\SC(=Nc3ccc([N+](=O)[O-])cc3)N(CCc3c[nH]c4ccccc34)C2=O)cc1. The van der Waals surface area contributed by atoms with Crippen molar-refractivity contribution in [3.8, 4) is 5.75 Å². The van der Waals surface area contributed by atoms with Crippen LogP contribution in [0.3, 0.4) is 0 Å². The molecule has 1 aromatic heterocycles. The molecule has 0 atom stereocenters. The lowest BCUT2D eigenvalue weighted by molar-refractivity contribution is -0.384. The number of nitro benzene ring substituents is 1. The number of aliphatic imine (C=N–C) groups is 1. The van der Waals surface area contributed by atoms with Crippen LogP contribution in [-0.4, -0.2) is 43.5 Å². The third kappa shape index (κ3) is 6.63. The molecule has 1 amide bonds. The maximum Gasteiger partial charge on any atom is 0.335 e. The number of fused-ring (bicyclic) bond motifs is 1. The second-order valence-electron chi connectivity index (χ2n) is 10.2. The van der Waals surface area contributed by atoms with Crippen LogP contribution in [0, 0.1) is 10.1 Å². The monoisotopic (exact) mass is 618 g/mol. The zero-order chi connectivity index (χ0) is 31.3. The number of aromatic nitrogens is 1. The van der Waals surface area contributed by atoms with Crippen LogP contribution in [0.2, 0.25) is 0 Å². The Hall–Kier alpha value is -5.68. The molecule has 6 rings (SSSR count). The molecule has 0 saturated carbocycles. The van der Waals surface area contributed by atoms with Crippen LogP contribution >= 0.6 is 11.8 Å². The summed E-state index contributed by atoms with van der Waals surface area (Å²) in [7, 11) is 0. The number of ether oxygens (including phenoxy) is 1. The number of carbonyl (C=O) groups is 2. The Morgan fingerprint density at radius 3 is 2.49 bits per heavy atom. The first-order valence-electron chi connectivity index (χ1n) is 14.0.